The summed E-state index contributed by atoms with van der Waals surface area (Å²) in [6.07, 6.45) is 3.53. The Morgan fingerprint density at radius 3 is 2.50 bits per heavy atom. The van der Waals surface area contributed by atoms with Crippen LogP contribution in [0.1, 0.15) is 17.2 Å². The first-order chi connectivity index (χ1) is 9.69. The van der Waals surface area contributed by atoms with Crippen LogP contribution >= 0.6 is 15.9 Å². The van der Waals surface area contributed by atoms with Crippen LogP contribution in [-0.2, 0) is 0 Å². The van der Waals surface area contributed by atoms with Gasteiger partial charge in [-0.15, -0.1) is 0 Å². The van der Waals surface area contributed by atoms with Crippen molar-refractivity contribution in [3.8, 4) is 11.5 Å². The maximum Gasteiger partial charge on any atom is 0.137 e. The molecule has 20 heavy (non-hydrogen) atoms. The van der Waals surface area contributed by atoms with Crippen LogP contribution in [-0.4, -0.2) is 26.3 Å². The molecule has 0 fully saturated rings. The number of hydrogen-bond donors (Lipinski definition) is 1. The van der Waals surface area contributed by atoms with Gasteiger partial charge in [-0.25, -0.2) is 0 Å². The third-order valence-corrected chi connectivity index (χ3v) is 3.72. The van der Waals surface area contributed by atoms with Crippen molar-refractivity contribution in [3.05, 3.63) is 52.3 Å². The van der Waals surface area contributed by atoms with E-state index in [1.54, 1.807) is 20.4 Å². The number of aromatic nitrogens is 1. The molecule has 1 aromatic heterocycles. The van der Waals surface area contributed by atoms with Gasteiger partial charge in [-0.3, -0.25) is 4.98 Å². The predicted molar refractivity (Wildman–Crippen MR) is 82.4 cm³/mol. The quantitative estimate of drug-likeness (QED) is 0.910. The van der Waals surface area contributed by atoms with E-state index in [0.29, 0.717) is 0 Å². The number of nitrogens with zero attached hydrogens (tertiary/aromatic N) is 1. The number of methoxy groups -OCH3 is 2. The molecule has 0 aliphatic carbocycles. The van der Waals surface area contributed by atoms with Gasteiger partial charge in [0.05, 0.1) is 30.9 Å². The Hall–Kier alpha value is -1.59. The van der Waals surface area contributed by atoms with E-state index >= 15 is 0 Å². The van der Waals surface area contributed by atoms with Gasteiger partial charge >= 0.3 is 0 Å². The Kier molecular flexibility index (Phi) is 4.98. The largest absolute Gasteiger partial charge is 0.496 e. The molecule has 2 aromatic rings. The van der Waals surface area contributed by atoms with Crippen LogP contribution in [0.5, 0.6) is 11.5 Å². The van der Waals surface area contributed by atoms with Crippen LogP contribution in [0, 0.1) is 0 Å². The lowest BCUT2D eigenvalue weighted by Crippen LogP contribution is -2.18. The van der Waals surface area contributed by atoms with Gasteiger partial charge in [-0.2, -0.15) is 0 Å². The van der Waals surface area contributed by atoms with Gasteiger partial charge in [-0.05, 0) is 52.3 Å². The number of halogens is 1. The molecule has 1 aromatic carbocycles. The molecule has 2 rings (SSSR count). The predicted octanol–water partition coefficient (Wildman–Crippen LogP) is 3.17. The van der Waals surface area contributed by atoms with Crippen LogP contribution in [0.15, 0.2) is 41.1 Å². The molecule has 5 heteroatoms. The van der Waals surface area contributed by atoms with Crippen molar-refractivity contribution in [2.45, 2.75) is 6.04 Å². The number of ether oxygens (including phenoxy) is 2. The molecular formula is C15H17BrN2O2. The molecule has 0 saturated heterocycles. The summed E-state index contributed by atoms with van der Waals surface area (Å²) >= 11 is 3.51. The first kappa shape index (κ1) is 14.8. The van der Waals surface area contributed by atoms with E-state index in [4.69, 9.17) is 9.47 Å². The highest BCUT2D eigenvalue weighted by Crippen LogP contribution is 2.31. The summed E-state index contributed by atoms with van der Waals surface area (Å²) in [7, 11) is 5.21. The molecule has 106 valence electrons. The van der Waals surface area contributed by atoms with Gasteiger partial charge in [0.2, 0.25) is 0 Å². The van der Waals surface area contributed by atoms with Gasteiger partial charge < -0.3 is 14.8 Å². The minimum atomic E-state index is 0.0415. The third-order valence-electron chi connectivity index (χ3n) is 3.10. The first-order valence-corrected chi connectivity index (χ1v) is 6.98. The highest BCUT2D eigenvalue weighted by Gasteiger charge is 2.14. The Balaban J connectivity index is 2.38. The standard InChI is InChI=1S/C15H17BrN2O2/c1-17-15(11-6-12(19-2)9-18-8-11)10-4-5-14(20-3)13(16)7-10/h4-9,15,17H,1-3H3. The van der Waals surface area contributed by atoms with Gasteiger partial charge in [0, 0.05) is 6.20 Å². The van der Waals surface area contributed by atoms with Gasteiger partial charge in [0.1, 0.15) is 11.5 Å². The van der Waals surface area contributed by atoms with Gasteiger partial charge in [0.25, 0.3) is 0 Å². The number of nitrogens with one attached hydrogen (secondary N) is 1. The molecule has 0 bridgehead atoms. The maximum atomic E-state index is 5.26. The topological polar surface area (TPSA) is 43.4 Å². The lowest BCUT2D eigenvalue weighted by atomic mass is 10.00. The van der Waals surface area contributed by atoms with Crippen LogP contribution in [0.25, 0.3) is 0 Å². The average Bonchev–Trinajstić information content (AvgIpc) is 2.48. The van der Waals surface area contributed by atoms with Crippen molar-refractivity contribution in [3.63, 3.8) is 0 Å². The van der Waals surface area contributed by atoms with Crippen LogP contribution < -0.4 is 14.8 Å². The van der Waals surface area contributed by atoms with Crippen molar-refractivity contribution in [1.29, 1.82) is 0 Å². The summed E-state index contributed by atoms with van der Waals surface area (Å²) in [5, 5.41) is 3.29. The summed E-state index contributed by atoms with van der Waals surface area (Å²) < 4.78 is 11.4. The molecular weight excluding hydrogens is 320 g/mol. The van der Waals surface area contributed by atoms with Crippen LogP contribution in [0.2, 0.25) is 0 Å². The average molecular weight is 337 g/mol. The maximum absolute atomic E-state index is 5.26. The van der Waals surface area contributed by atoms with Crippen molar-refractivity contribution in [2.75, 3.05) is 21.3 Å². The fourth-order valence-corrected chi connectivity index (χ4v) is 2.65. The molecule has 0 saturated carbocycles. The molecule has 0 radical (unpaired) electrons. The fraction of sp³-hybridized carbons (Fsp3) is 0.267. The Morgan fingerprint density at radius 2 is 1.90 bits per heavy atom. The van der Waals surface area contributed by atoms with Crippen molar-refractivity contribution in [2.24, 2.45) is 0 Å². The molecule has 1 atom stereocenters. The smallest absolute Gasteiger partial charge is 0.137 e. The second-order valence-electron chi connectivity index (χ2n) is 4.27. The number of benzene rings is 1. The van der Waals surface area contributed by atoms with Crippen molar-refractivity contribution in [1.82, 2.24) is 10.3 Å². The Labute approximate surface area is 127 Å². The molecule has 1 unspecified atom stereocenters. The summed E-state index contributed by atoms with van der Waals surface area (Å²) in [4.78, 5) is 4.20. The minimum absolute atomic E-state index is 0.0415. The van der Waals surface area contributed by atoms with E-state index in [-0.39, 0.29) is 6.04 Å². The fourth-order valence-electron chi connectivity index (χ4n) is 2.09. The second kappa shape index (κ2) is 6.72. The third kappa shape index (κ3) is 3.11. The van der Waals surface area contributed by atoms with E-state index in [1.165, 1.54) is 0 Å². The molecule has 0 spiro atoms. The highest BCUT2D eigenvalue weighted by molar-refractivity contribution is 9.10. The van der Waals surface area contributed by atoms with E-state index < -0.39 is 0 Å². The SMILES string of the molecule is CNC(c1cncc(OC)c1)c1ccc(OC)c(Br)c1. The lowest BCUT2D eigenvalue weighted by Gasteiger charge is -2.18. The van der Waals surface area contributed by atoms with E-state index in [1.807, 2.05) is 37.5 Å². The molecule has 0 aliphatic rings. The molecule has 4 nitrogen and oxygen atoms in total. The lowest BCUT2D eigenvalue weighted by molar-refractivity contribution is 0.411. The summed E-state index contributed by atoms with van der Waals surface area (Å²) in [5.74, 6) is 1.56. The highest BCUT2D eigenvalue weighted by atomic mass is 79.9. The van der Waals surface area contributed by atoms with Crippen molar-refractivity contribution < 1.29 is 9.47 Å². The zero-order valence-electron chi connectivity index (χ0n) is 11.7. The summed E-state index contributed by atoms with van der Waals surface area (Å²) in [6.45, 7) is 0. The zero-order chi connectivity index (χ0) is 14.5. The molecule has 1 heterocycles. The van der Waals surface area contributed by atoms with Gasteiger partial charge in [0.15, 0.2) is 0 Å². The Bertz CT molecular complexity index is 590. The number of rotatable bonds is 5. The van der Waals surface area contributed by atoms with Crippen LogP contribution in [0.3, 0.4) is 0 Å². The normalized spacial score (nSPS) is 12.0. The van der Waals surface area contributed by atoms with Crippen LogP contribution in [0.4, 0.5) is 0 Å². The second-order valence-corrected chi connectivity index (χ2v) is 5.13. The Morgan fingerprint density at radius 1 is 1.10 bits per heavy atom. The molecule has 1 N–H and O–H groups in total. The minimum Gasteiger partial charge on any atom is -0.496 e. The van der Waals surface area contributed by atoms with Crippen molar-refractivity contribution >= 4 is 15.9 Å². The number of pyridine rings is 1. The van der Waals surface area contributed by atoms with E-state index in [0.717, 1.165) is 27.1 Å². The zero-order valence-corrected chi connectivity index (χ0v) is 13.3. The number of hydrogen-bond acceptors (Lipinski definition) is 4. The van der Waals surface area contributed by atoms with E-state index in [9.17, 15) is 0 Å². The summed E-state index contributed by atoms with van der Waals surface area (Å²) in [6, 6.07) is 8.03. The molecule has 0 amide bonds. The first-order valence-electron chi connectivity index (χ1n) is 6.19. The van der Waals surface area contributed by atoms with E-state index in [2.05, 4.69) is 26.2 Å². The summed E-state index contributed by atoms with van der Waals surface area (Å²) in [5.41, 5.74) is 2.17. The monoisotopic (exact) mass is 336 g/mol. The molecule has 0 aliphatic heterocycles. The van der Waals surface area contributed by atoms with Gasteiger partial charge in [-0.1, -0.05) is 6.07 Å².